The lowest BCUT2D eigenvalue weighted by Crippen LogP contribution is -2.14. The number of nitrogens with one attached hydrogen (secondary N) is 1. The first-order valence-electron chi connectivity index (χ1n) is 2.58. The SMILES string of the molecule is O=c1o[c]nn1-c1nnn[nH]1. The van der Waals surface area contributed by atoms with Gasteiger partial charge in [0.15, 0.2) is 0 Å². The predicted octanol–water partition coefficient (Wildman–Crippen LogP) is -1.86. The number of tetrazole rings is 1. The molecule has 55 valence electrons. The normalized spacial score (nSPS) is 10.2. The Balaban J connectivity index is 2.62. The molecule has 0 bridgehead atoms. The molecule has 0 spiro atoms. The number of H-pyrrole nitrogens is 1. The Kier molecular flexibility index (Phi) is 1.05. The van der Waals surface area contributed by atoms with Gasteiger partial charge in [-0.2, -0.15) is 0 Å². The fraction of sp³-hybridized carbons (Fsp3) is 0. The molecule has 0 aliphatic rings. The van der Waals surface area contributed by atoms with Gasteiger partial charge in [0, 0.05) is 0 Å². The van der Waals surface area contributed by atoms with E-state index in [0.29, 0.717) is 0 Å². The van der Waals surface area contributed by atoms with Crippen molar-refractivity contribution in [2.75, 3.05) is 0 Å². The molecule has 8 heteroatoms. The van der Waals surface area contributed by atoms with Crippen molar-refractivity contribution in [3.63, 3.8) is 0 Å². The van der Waals surface area contributed by atoms with Gasteiger partial charge in [-0.1, -0.05) is 5.10 Å². The molecule has 2 aromatic heterocycles. The van der Waals surface area contributed by atoms with Crippen molar-refractivity contribution in [2.45, 2.75) is 0 Å². The second-order valence-electron chi connectivity index (χ2n) is 1.60. The molecule has 8 nitrogen and oxygen atoms in total. The average Bonchev–Trinajstić information content (AvgIpc) is 2.55. The Morgan fingerprint density at radius 2 is 2.55 bits per heavy atom. The molecule has 0 saturated heterocycles. The molecule has 0 aromatic carbocycles. The molecule has 0 amide bonds. The van der Waals surface area contributed by atoms with Crippen LogP contribution in [0.2, 0.25) is 0 Å². The van der Waals surface area contributed by atoms with Crippen molar-refractivity contribution in [1.29, 1.82) is 0 Å². The summed E-state index contributed by atoms with van der Waals surface area (Å²) in [4.78, 5) is 10.7. The van der Waals surface area contributed by atoms with Crippen molar-refractivity contribution >= 4 is 0 Å². The van der Waals surface area contributed by atoms with Crippen molar-refractivity contribution in [3.8, 4) is 5.95 Å². The smallest absolute Gasteiger partial charge is 0.382 e. The lowest BCUT2D eigenvalue weighted by molar-refractivity contribution is 0.494. The minimum Gasteiger partial charge on any atom is -0.382 e. The Hall–Kier alpha value is -1.99. The van der Waals surface area contributed by atoms with Crippen LogP contribution in [0.3, 0.4) is 0 Å². The maximum Gasteiger partial charge on any atom is 0.445 e. The number of hydrogen-bond donors (Lipinski definition) is 1. The highest BCUT2D eigenvalue weighted by Gasteiger charge is 2.05. The largest absolute Gasteiger partial charge is 0.445 e. The minimum absolute atomic E-state index is 0.0972. The van der Waals surface area contributed by atoms with Gasteiger partial charge in [0.05, 0.1) is 0 Å². The van der Waals surface area contributed by atoms with Crippen molar-refractivity contribution in [1.82, 2.24) is 30.4 Å². The van der Waals surface area contributed by atoms with Crippen molar-refractivity contribution < 1.29 is 4.42 Å². The molecule has 0 atom stereocenters. The van der Waals surface area contributed by atoms with Crippen LogP contribution < -0.4 is 5.76 Å². The van der Waals surface area contributed by atoms with Gasteiger partial charge in [-0.25, -0.2) is 9.89 Å². The summed E-state index contributed by atoms with van der Waals surface area (Å²) in [7, 11) is 0. The number of hydrogen-bond acceptors (Lipinski definition) is 6. The first kappa shape index (κ1) is 5.77. The van der Waals surface area contributed by atoms with E-state index in [-0.39, 0.29) is 5.95 Å². The van der Waals surface area contributed by atoms with Gasteiger partial charge < -0.3 is 4.42 Å². The lowest BCUT2D eigenvalue weighted by Gasteiger charge is -1.83. The molecule has 2 rings (SSSR count). The van der Waals surface area contributed by atoms with Gasteiger partial charge >= 0.3 is 12.1 Å². The molecule has 1 radical (unpaired) electrons. The fourth-order valence-corrected chi connectivity index (χ4v) is 0.562. The zero-order chi connectivity index (χ0) is 7.68. The molecule has 0 fully saturated rings. The first-order valence-corrected chi connectivity index (χ1v) is 2.58. The van der Waals surface area contributed by atoms with Gasteiger partial charge in [-0.15, -0.1) is 9.78 Å². The number of nitrogens with zero attached hydrogens (tertiary/aromatic N) is 5. The summed E-state index contributed by atoms with van der Waals surface area (Å²) in [5.74, 6) is -0.594. The van der Waals surface area contributed by atoms with E-state index in [1.807, 2.05) is 6.39 Å². The van der Waals surface area contributed by atoms with E-state index >= 15 is 0 Å². The molecule has 11 heavy (non-hydrogen) atoms. The van der Waals surface area contributed by atoms with Crippen LogP contribution in [-0.4, -0.2) is 30.4 Å². The lowest BCUT2D eigenvalue weighted by atomic mass is 11.0. The summed E-state index contributed by atoms with van der Waals surface area (Å²) in [6.45, 7) is 0. The Bertz CT molecular complexity index is 384. The number of aromatic amines is 1. The molecular weight excluding hydrogens is 152 g/mol. The van der Waals surface area contributed by atoms with E-state index < -0.39 is 5.76 Å². The second kappa shape index (κ2) is 2.01. The van der Waals surface area contributed by atoms with Crippen LogP contribution in [0.25, 0.3) is 5.95 Å². The van der Waals surface area contributed by atoms with E-state index in [2.05, 4.69) is 30.1 Å². The third kappa shape index (κ3) is 0.801. The predicted molar refractivity (Wildman–Crippen MR) is 28.7 cm³/mol. The van der Waals surface area contributed by atoms with Gasteiger partial charge in [-0.3, -0.25) is 0 Å². The molecule has 0 aliphatic carbocycles. The monoisotopic (exact) mass is 153 g/mol. The topological polar surface area (TPSA) is 102 Å². The molecule has 0 saturated carbocycles. The molecule has 0 unspecified atom stereocenters. The maximum absolute atomic E-state index is 10.7. The van der Waals surface area contributed by atoms with Crippen LogP contribution in [0.5, 0.6) is 0 Å². The highest BCUT2D eigenvalue weighted by molar-refractivity contribution is 4.97. The summed E-state index contributed by atoms with van der Waals surface area (Å²) in [6.07, 6.45) is 2.00. The number of rotatable bonds is 1. The van der Waals surface area contributed by atoms with E-state index in [1.165, 1.54) is 0 Å². The summed E-state index contributed by atoms with van der Waals surface area (Å²) >= 11 is 0. The molecule has 0 aliphatic heterocycles. The quantitative estimate of drug-likeness (QED) is 0.515. The molecule has 1 N–H and O–H groups in total. The number of aromatic nitrogens is 6. The Labute approximate surface area is 58.8 Å². The van der Waals surface area contributed by atoms with Gasteiger partial charge in [0.25, 0.3) is 5.95 Å². The molecular formula is C3HN6O2. The van der Waals surface area contributed by atoms with Crippen LogP contribution in [0.15, 0.2) is 9.21 Å². The van der Waals surface area contributed by atoms with Gasteiger partial charge in [0.2, 0.25) is 0 Å². The zero-order valence-corrected chi connectivity index (χ0v) is 5.05. The maximum atomic E-state index is 10.7. The minimum atomic E-state index is -0.691. The van der Waals surface area contributed by atoms with E-state index in [4.69, 9.17) is 0 Å². The van der Waals surface area contributed by atoms with E-state index in [9.17, 15) is 4.79 Å². The Morgan fingerprint density at radius 3 is 3.09 bits per heavy atom. The van der Waals surface area contributed by atoms with Crippen LogP contribution in [-0.2, 0) is 0 Å². The zero-order valence-electron chi connectivity index (χ0n) is 5.05. The van der Waals surface area contributed by atoms with Crippen LogP contribution in [0.4, 0.5) is 0 Å². The van der Waals surface area contributed by atoms with Crippen LogP contribution in [0, 0.1) is 6.39 Å². The highest BCUT2D eigenvalue weighted by Crippen LogP contribution is 1.85. The highest BCUT2D eigenvalue weighted by atomic mass is 16.4. The average molecular weight is 153 g/mol. The van der Waals surface area contributed by atoms with Crippen molar-refractivity contribution in [3.05, 3.63) is 16.9 Å². The van der Waals surface area contributed by atoms with E-state index in [1.54, 1.807) is 0 Å². The summed E-state index contributed by atoms with van der Waals surface area (Å²) in [6, 6.07) is 0. The van der Waals surface area contributed by atoms with Crippen LogP contribution in [0.1, 0.15) is 0 Å². The summed E-state index contributed by atoms with van der Waals surface area (Å²) in [5.41, 5.74) is 0. The third-order valence-corrected chi connectivity index (χ3v) is 0.982. The van der Waals surface area contributed by atoms with Crippen molar-refractivity contribution in [2.24, 2.45) is 0 Å². The van der Waals surface area contributed by atoms with E-state index in [0.717, 1.165) is 4.68 Å². The fourth-order valence-electron chi connectivity index (χ4n) is 0.562. The second-order valence-corrected chi connectivity index (χ2v) is 1.60. The first-order chi connectivity index (χ1) is 5.38. The molecule has 2 aromatic rings. The van der Waals surface area contributed by atoms with Crippen LogP contribution >= 0.6 is 0 Å². The standard InChI is InChI=1S/C3HN6O2/c10-3-9(4-1-11-3)2-5-7-8-6-2/h(H,5,6,7,8). The van der Waals surface area contributed by atoms with Gasteiger partial charge in [-0.05, 0) is 10.4 Å². The summed E-state index contributed by atoms with van der Waals surface area (Å²) < 4.78 is 5.09. The van der Waals surface area contributed by atoms with Gasteiger partial charge in [0.1, 0.15) is 0 Å². The Morgan fingerprint density at radius 1 is 1.64 bits per heavy atom. The third-order valence-electron chi connectivity index (χ3n) is 0.982. The molecule has 2 heterocycles. The summed E-state index contributed by atoms with van der Waals surface area (Å²) in [5, 5.41) is 15.6.